The van der Waals surface area contributed by atoms with Crippen molar-refractivity contribution in [2.24, 2.45) is 5.92 Å². The van der Waals surface area contributed by atoms with Gasteiger partial charge in [-0.3, -0.25) is 0 Å². The van der Waals surface area contributed by atoms with Crippen molar-refractivity contribution in [1.29, 1.82) is 0 Å². The molecule has 2 N–H and O–H groups in total. The third kappa shape index (κ3) is 4.96. The number of methoxy groups -OCH3 is 1. The molecule has 1 aliphatic carbocycles. The molecule has 2 rings (SSSR count). The van der Waals surface area contributed by atoms with E-state index in [-0.39, 0.29) is 12.1 Å². The maximum atomic E-state index is 11.9. The summed E-state index contributed by atoms with van der Waals surface area (Å²) >= 11 is 0. The normalized spacial score (nSPS) is 17.0. The van der Waals surface area contributed by atoms with Crippen LogP contribution in [0.3, 0.4) is 0 Å². The van der Waals surface area contributed by atoms with Crippen LogP contribution in [0.4, 0.5) is 4.79 Å². The quantitative estimate of drug-likeness (QED) is 0.870. The molecular formula is C17H26N2O2. The van der Waals surface area contributed by atoms with E-state index in [0.717, 1.165) is 17.9 Å². The molecule has 1 saturated carbocycles. The molecule has 4 heteroatoms. The summed E-state index contributed by atoms with van der Waals surface area (Å²) < 4.78 is 5.14. The van der Waals surface area contributed by atoms with Gasteiger partial charge in [0.15, 0.2) is 0 Å². The Labute approximate surface area is 127 Å². The summed E-state index contributed by atoms with van der Waals surface area (Å²) in [5.74, 6) is 1.48. The first-order valence-electron chi connectivity index (χ1n) is 7.87. The van der Waals surface area contributed by atoms with Crippen LogP contribution in [-0.4, -0.2) is 19.7 Å². The second-order valence-electron chi connectivity index (χ2n) is 5.85. The fourth-order valence-electron chi connectivity index (χ4n) is 2.85. The third-order valence-electron chi connectivity index (χ3n) is 4.24. The highest BCUT2D eigenvalue weighted by molar-refractivity contribution is 5.74. The lowest BCUT2D eigenvalue weighted by Crippen LogP contribution is -2.39. The van der Waals surface area contributed by atoms with Crippen molar-refractivity contribution in [2.45, 2.75) is 45.1 Å². The van der Waals surface area contributed by atoms with Gasteiger partial charge in [0.25, 0.3) is 0 Å². The first kappa shape index (κ1) is 15.7. The summed E-state index contributed by atoms with van der Waals surface area (Å²) in [5.41, 5.74) is 1.07. The molecule has 1 aliphatic rings. The van der Waals surface area contributed by atoms with E-state index in [9.17, 15) is 4.79 Å². The lowest BCUT2D eigenvalue weighted by atomic mass is 9.89. The predicted octanol–water partition coefficient (Wildman–Crippen LogP) is 3.64. The van der Waals surface area contributed by atoms with Gasteiger partial charge in [-0.25, -0.2) is 4.79 Å². The predicted molar refractivity (Wildman–Crippen MR) is 84.5 cm³/mol. The molecule has 1 aromatic rings. The number of rotatable bonds is 5. The van der Waals surface area contributed by atoms with E-state index in [4.69, 9.17) is 4.74 Å². The Balaban J connectivity index is 1.75. The number of carbonyl (C=O) groups excluding carboxylic acids is 1. The van der Waals surface area contributed by atoms with Crippen LogP contribution in [0, 0.1) is 5.92 Å². The molecule has 4 nitrogen and oxygen atoms in total. The fraction of sp³-hybridized carbons (Fsp3) is 0.588. The summed E-state index contributed by atoms with van der Waals surface area (Å²) in [4.78, 5) is 11.9. The van der Waals surface area contributed by atoms with Crippen molar-refractivity contribution in [3.8, 4) is 5.75 Å². The average molecular weight is 290 g/mol. The highest BCUT2D eigenvalue weighted by atomic mass is 16.5. The number of hydrogen-bond acceptors (Lipinski definition) is 2. The van der Waals surface area contributed by atoms with Gasteiger partial charge in [0.1, 0.15) is 5.75 Å². The van der Waals surface area contributed by atoms with Crippen LogP contribution >= 0.6 is 0 Å². The van der Waals surface area contributed by atoms with Gasteiger partial charge in [0.2, 0.25) is 0 Å². The molecule has 0 saturated heterocycles. The molecule has 116 valence electrons. The Hall–Kier alpha value is -1.71. The van der Waals surface area contributed by atoms with Crippen LogP contribution in [0.25, 0.3) is 0 Å². The van der Waals surface area contributed by atoms with Gasteiger partial charge in [0, 0.05) is 6.54 Å². The topological polar surface area (TPSA) is 50.4 Å². The van der Waals surface area contributed by atoms with Crippen molar-refractivity contribution in [3.63, 3.8) is 0 Å². The minimum Gasteiger partial charge on any atom is -0.497 e. The highest BCUT2D eigenvalue weighted by Crippen LogP contribution is 2.22. The van der Waals surface area contributed by atoms with Crippen LogP contribution in [0.2, 0.25) is 0 Å². The SMILES string of the molecule is COc1ccc(C(C)NC(=O)NCC2CCCCC2)cc1. The first-order chi connectivity index (χ1) is 10.2. The monoisotopic (exact) mass is 290 g/mol. The van der Waals surface area contributed by atoms with Gasteiger partial charge in [-0.2, -0.15) is 0 Å². The smallest absolute Gasteiger partial charge is 0.315 e. The van der Waals surface area contributed by atoms with Gasteiger partial charge in [-0.1, -0.05) is 31.4 Å². The van der Waals surface area contributed by atoms with Crippen LogP contribution in [-0.2, 0) is 0 Å². The zero-order valence-corrected chi connectivity index (χ0v) is 13.0. The average Bonchev–Trinajstić information content (AvgIpc) is 2.54. The molecular weight excluding hydrogens is 264 g/mol. The van der Waals surface area contributed by atoms with E-state index in [1.54, 1.807) is 7.11 Å². The molecule has 1 unspecified atom stereocenters. The van der Waals surface area contributed by atoms with Gasteiger partial charge in [0.05, 0.1) is 13.2 Å². The van der Waals surface area contributed by atoms with Crippen LogP contribution < -0.4 is 15.4 Å². The van der Waals surface area contributed by atoms with Crippen molar-refractivity contribution in [1.82, 2.24) is 10.6 Å². The Morgan fingerprint density at radius 3 is 2.52 bits per heavy atom. The summed E-state index contributed by atoms with van der Waals surface area (Å²) in [6, 6.07) is 7.68. The largest absolute Gasteiger partial charge is 0.497 e. The van der Waals surface area contributed by atoms with Crippen LogP contribution in [0.15, 0.2) is 24.3 Å². The van der Waals surface area contributed by atoms with E-state index < -0.39 is 0 Å². The number of urea groups is 1. The zero-order chi connectivity index (χ0) is 15.1. The summed E-state index contributed by atoms with van der Waals surface area (Å²) in [5, 5.41) is 5.98. The van der Waals surface area contributed by atoms with E-state index >= 15 is 0 Å². The second-order valence-corrected chi connectivity index (χ2v) is 5.85. The maximum Gasteiger partial charge on any atom is 0.315 e. The summed E-state index contributed by atoms with van der Waals surface area (Å²) in [7, 11) is 1.65. The van der Waals surface area contributed by atoms with Crippen molar-refractivity contribution >= 4 is 6.03 Å². The molecule has 0 aliphatic heterocycles. The lowest BCUT2D eigenvalue weighted by Gasteiger charge is -2.22. The minimum absolute atomic E-state index is 0.0118. The Kier molecular flexibility index (Phi) is 5.90. The number of benzene rings is 1. The second kappa shape index (κ2) is 7.91. The zero-order valence-electron chi connectivity index (χ0n) is 13.0. The number of hydrogen-bond donors (Lipinski definition) is 2. The van der Waals surface area contributed by atoms with E-state index in [2.05, 4.69) is 10.6 Å². The Morgan fingerprint density at radius 2 is 1.90 bits per heavy atom. The summed E-state index contributed by atoms with van der Waals surface area (Å²) in [6.45, 7) is 2.78. The molecule has 1 aromatic carbocycles. The molecule has 2 amide bonds. The minimum atomic E-state index is -0.0797. The molecule has 1 fully saturated rings. The maximum absolute atomic E-state index is 11.9. The molecule has 0 spiro atoms. The van der Waals surface area contributed by atoms with Crippen molar-refractivity contribution in [2.75, 3.05) is 13.7 Å². The Morgan fingerprint density at radius 1 is 1.24 bits per heavy atom. The third-order valence-corrected chi connectivity index (χ3v) is 4.24. The molecule has 0 heterocycles. The number of amides is 2. The Bertz CT molecular complexity index is 439. The first-order valence-corrected chi connectivity index (χ1v) is 7.87. The lowest BCUT2D eigenvalue weighted by molar-refractivity contribution is 0.233. The van der Waals surface area contributed by atoms with Crippen molar-refractivity contribution < 1.29 is 9.53 Å². The standard InChI is InChI=1S/C17H26N2O2/c1-13(15-8-10-16(21-2)11-9-15)19-17(20)18-12-14-6-4-3-5-7-14/h8-11,13-14H,3-7,12H2,1-2H3,(H2,18,19,20). The van der Waals surface area contributed by atoms with Crippen LogP contribution in [0.1, 0.15) is 50.6 Å². The van der Waals surface area contributed by atoms with Crippen LogP contribution in [0.5, 0.6) is 5.75 Å². The molecule has 1 atom stereocenters. The molecule has 0 aromatic heterocycles. The fourth-order valence-corrected chi connectivity index (χ4v) is 2.85. The van der Waals surface area contributed by atoms with Crippen molar-refractivity contribution in [3.05, 3.63) is 29.8 Å². The van der Waals surface area contributed by atoms with Gasteiger partial charge >= 0.3 is 6.03 Å². The van der Waals surface area contributed by atoms with Gasteiger partial charge in [-0.15, -0.1) is 0 Å². The highest BCUT2D eigenvalue weighted by Gasteiger charge is 2.15. The van der Waals surface area contributed by atoms with E-state index in [1.165, 1.54) is 32.1 Å². The van der Waals surface area contributed by atoms with Gasteiger partial charge < -0.3 is 15.4 Å². The van der Waals surface area contributed by atoms with E-state index in [1.807, 2.05) is 31.2 Å². The molecule has 0 bridgehead atoms. The number of nitrogens with one attached hydrogen (secondary N) is 2. The van der Waals surface area contributed by atoms with E-state index in [0.29, 0.717) is 5.92 Å². The summed E-state index contributed by atoms with van der Waals surface area (Å²) in [6.07, 6.45) is 6.44. The molecule has 0 radical (unpaired) electrons. The number of ether oxygens (including phenoxy) is 1. The molecule has 21 heavy (non-hydrogen) atoms. The number of carbonyl (C=O) groups is 1. The van der Waals surface area contributed by atoms with Gasteiger partial charge in [-0.05, 0) is 43.4 Å².